The van der Waals surface area contributed by atoms with E-state index in [9.17, 15) is 0 Å². The van der Waals surface area contributed by atoms with Gasteiger partial charge in [0, 0.05) is 23.4 Å². The van der Waals surface area contributed by atoms with Crippen LogP contribution in [0.2, 0.25) is 0 Å². The SMILES string of the molecule is COc1cccc(-n2ncc3c2CCCCC3N)c1. The van der Waals surface area contributed by atoms with Crippen molar-refractivity contribution in [3.8, 4) is 11.4 Å². The zero-order chi connectivity index (χ0) is 13.2. The summed E-state index contributed by atoms with van der Waals surface area (Å²) in [4.78, 5) is 0. The molecule has 0 amide bonds. The van der Waals surface area contributed by atoms with Gasteiger partial charge < -0.3 is 10.5 Å². The lowest BCUT2D eigenvalue weighted by Crippen LogP contribution is -2.10. The van der Waals surface area contributed by atoms with Crippen molar-refractivity contribution in [2.45, 2.75) is 31.7 Å². The molecular weight excluding hydrogens is 238 g/mol. The molecule has 3 rings (SSSR count). The van der Waals surface area contributed by atoms with E-state index in [1.54, 1.807) is 7.11 Å². The fraction of sp³-hybridized carbons (Fsp3) is 0.400. The minimum atomic E-state index is 0.122. The molecule has 0 aliphatic heterocycles. The molecule has 1 heterocycles. The molecule has 0 saturated carbocycles. The van der Waals surface area contributed by atoms with E-state index in [-0.39, 0.29) is 6.04 Å². The van der Waals surface area contributed by atoms with E-state index in [0.717, 1.165) is 24.3 Å². The van der Waals surface area contributed by atoms with E-state index >= 15 is 0 Å². The summed E-state index contributed by atoms with van der Waals surface area (Å²) in [5.41, 5.74) is 9.70. The van der Waals surface area contributed by atoms with E-state index in [4.69, 9.17) is 10.5 Å². The van der Waals surface area contributed by atoms with Gasteiger partial charge >= 0.3 is 0 Å². The van der Waals surface area contributed by atoms with Crippen LogP contribution < -0.4 is 10.5 Å². The first-order valence-corrected chi connectivity index (χ1v) is 6.76. The highest BCUT2D eigenvalue weighted by Crippen LogP contribution is 2.29. The van der Waals surface area contributed by atoms with Crippen molar-refractivity contribution in [3.05, 3.63) is 41.7 Å². The second-order valence-corrected chi connectivity index (χ2v) is 5.01. The van der Waals surface area contributed by atoms with E-state index < -0.39 is 0 Å². The van der Waals surface area contributed by atoms with Crippen molar-refractivity contribution >= 4 is 0 Å². The van der Waals surface area contributed by atoms with Crippen LogP contribution in [0, 0.1) is 0 Å². The van der Waals surface area contributed by atoms with Gasteiger partial charge in [-0.1, -0.05) is 12.5 Å². The zero-order valence-corrected chi connectivity index (χ0v) is 11.2. The topological polar surface area (TPSA) is 53.1 Å². The normalized spacial score (nSPS) is 18.7. The predicted octanol–water partition coefficient (Wildman–Crippen LogP) is 2.61. The zero-order valence-electron chi connectivity index (χ0n) is 11.2. The van der Waals surface area contributed by atoms with Gasteiger partial charge in [-0.15, -0.1) is 0 Å². The number of aromatic nitrogens is 2. The second-order valence-electron chi connectivity index (χ2n) is 5.01. The van der Waals surface area contributed by atoms with Gasteiger partial charge in [0.2, 0.25) is 0 Å². The van der Waals surface area contributed by atoms with Crippen molar-refractivity contribution in [2.24, 2.45) is 5.73 Å². The van der Waals surface area contributed by atoms with E-state index in [2.05, 4.69) is 5.10 Å². The summed E-state index contributed by atoms with van der Waals surface area (Å²) in [6.45, 7) is 0. The number of methoxy groups -OCH3 is 1. The third-order valence-electron chi connectivity index (χ3n) is 3.78. The Morgan fingerprint density at radius 1 is 1.37 bits per heavy atom. The largest absolute Gasteiger partial charge is 0.497 e. The fourth-order valence-electron chi connectivity index (χ4n) is 2.72. The Morgan fingerprint density at radius 3 is 3.11 bits per heavy atom. The molecule has 1 aliphatic carbocycles. The van der Waals surface area contributed by atoms with Crippen LogP contribution in [-0.4, -0.2) is 16.9 Å². The van der Waals surface area contributed by atoms with Gasteiger partial charge in [0.15, 0.2) is 0 Å². The van der Waals surface area contributed by atoms with E-state index in [0.29, 0.717) is 0 Å². The maximum Gasteiger partial charge on any atom is 0.121 e. The molecule has 0 fully saturated rings. The average Bonchev–Trinajstić information content (AvgIpc) is 2.79. The monoisotopic (exact) mass is 257 g/mol. The lowest BCUT2D eigenvalue weighted by atomic mass is 10.1. The van der Waals surface area contributed by atoms with Crippen molar-refractivity contribution in [1.82, 2.24) is 9.78 Å². The number of nitrogens with two attached hydrogens (primary N) is 1. The lowest BCUT2D eigenvalue weighted by molar-refractivity contribution is 0.414. The predicted molar refractivity (Wildman–Crippen MR) is 74.6 cm³/mol. The minimum absolute atomic E-state index is 0.122. The van der Waals surface area contributed by atoms with Crippen LogP contribution in [0.1, 0.15) is 36.6 Å². The van der Waals surface area contributed by atoms with Gasteiger partial charge in [-0.25, -0.2) is 4.68 Å². The van der Waals surface area contributed by atoms with Crippen LogP contribution >= 0.6 is 0 Å². The molecule has 1 aromatic carbocycles. The maximum absolute atomic E-state index is 6.22. The number of hydrogen-bond donors (Lipinski definition) is 1. The van der Waals surface area contributed by atoms with Crippen molar-refractivity contribution in [2.75, 3.05) is 7.11 Å². The van der Waals surface area contributed by atoms with Gasteiger partial charge in [0.05, 0.1) is 19.0 Å². The number of fused-ring (bicyclic) bond motifs is 1. The number of nitrogens with zero attached hydrogens (tertiary/aromatic N) is 2. The standard InChI is InChI=1S/C15H19N3O/c1-19-12-6-4-5-11(9-12)18-15-8-3-2-7-14(16)13(15)10-17-18/h4-6,9-10,14H,2-3,7-8,16H2,1H3. The summed E-state index contributed by atoms with van der Waals surface area (Å²) < 4.78 is 7.28. The summed E-state index contributed by atoms with van der Waals surface area (Å²) in [6.07, 6.45) is 6.38. The highest BCUT2D eigenvalue weighted by Gasteiger charge is 2.20. The smallest absolute Gasteiger partial charge is 0.121 e. The van der Waals surface area contributed by atoms with Crippen molar-refractivity contribution < 1.29 is 4.74 Å². The molecule has 1 atom stereocenters. The summed E-state index contributed by atoms with van der Waals surface area (Å²) in [7, 11) is 1.68. The molecule has 1 aliphatic rings. The van der Waals surface area contributed by atoms with E-state index in [1.165, 1.54) is 24.1 Å². The number of benzene rings is 1. The maximum atomic E-state index is 6.22. The summed E-state index contributed by atoms with van der Waals surface area (Å²) in [5.74, 6) is 0.847. The molecule has 0 saturated heterocycles. The molecule has 4 nitrogen and oxygen atoms in total. The molecule has 4 heteroatoms. The quantitative estimate of drug-likeness (QED) is 0.841. The van der Waals surface area contributed by atoms with Crippen LogP contribution in [0.4, 0.5) is 0 Å². The summed E-state index contributed by atoms with van der Waals surface area (Å²) in [5, 5.41) is 4.52. The van der Waals surface area contributed by atoms with Crippen LogP contribution in [0.25, 0.3) is 5.69 Å². The van der Waals surface area contributed by atoms with Gasteiger partial charge in [0.25, 0.3) is 0 Å². The van der Waals surface area contributed by atoms with Crippen LogP contribution in [-0.2, 0) is 6.42 Å². The first kappa shape index (κ1) is 12.2. The molecule has 0 bridgehead atoms. The summed E-state index contributed by atoms with van der Waals surface area (Å²) >= 11 is 0. The van der Waals surface area contributed by atoms with Gasteiger partial charge in [0.1, 0.15) is 5.75 Å². The second kappa shape index (κ2) is 5.05. The third-order valence-corrected chi connectivity index (χ3v) is 3.78. The third kappa shape index (κ3) is 2.24. The number of hydrogen-bond acceptors (Lipinski definition) is 3. The molecule has 2 aromatic rings. The number of ether oxygens (including phenoxy) is 1. The Balaban J connectivity index is 2.06. The number of rotatable bonds is 2. The molecule has 0 radical (unpaired) electrons. The van der Waals surface area contributed by atoms with E-state index in [1.807, 2.05) is 35.1 Å². The average molecular weight is 257 g/mol. The highest BCUT2D eigenvalue weighted by molar-refractivity contribution is 5.41. The van der Waals surface area contributed by atoms with Crippen molar-refractivity contribution in [1.29, 1.82) is 0 Å². The molecule has 1 unspecified atom stereocenters. The fourth-order valence-corrected chi connectivity index (χ4v) is 2.72. The van der Waals surface area contributed by atoms with Crippen LogP contribution in [0.5, 0.6) is 5.75 Å². The van der Waals surface area contributed by atoms with Gasteiger partial charge in [-0.2, -0.15) is 5.10 Å². The Kier molecular flexibility index (Phi) is 3.25. The summed E-state index contributed by atoms with van der Waals surface area (Å²) in [6, 6.07) is 8.10. The Hall–Kier alpha value is -1.81. The Labute approximate surface area is 113 Å². The molecule has 2 N–H and O–H groups in total. The molecule has 1 aromatic heterocycles. The lowest BCUT2D eigenvalue weighted by Gasteiger charge is -2.10. The Bertz CT molecular complexity index is 577. The molecule has 19 heavy (non-hydrogen) atoms. The molecule has 0 spiro atoms. The Morgan fingerprint density at radius 2 is 2.26 bits per heavy atom. The molecular formula is C15H19N3O. The van der Waals surface area contributed by atoms with Crippen molar-refractivity contribution in [3.63, 3.8) is 0 Å². The molecule has 100 valence electrons. The first-order valence-electron chi connectivity index (χ1n) is 6.76. The first-order chi connectivity index (χ1) is 9.29. The van der Waals surface area contributed by atoms with Gasteiger partial charge in [-0.05, 0) is 31.4 Å². The highest BCUT2D eigenvalue weighted by atomic mass is 16.5. The van der Waals surface area contributed by atoms with Crippen LogP contribution in [0.3, 0.4) is 0 Å². The van der Waals surface area contributed by atoms with Gasteiger partial charge in [-0.3, -0.25) is 0 Å². The minimum Gasteiger partial charge on any atom is -0.497 e. The van der Waals surface area contributed by atoms with Crippen LogP contribution in [0.15, 0.2) is 30.5 Å².